The fourth-order valence-corrected chi connectivity index (χ4v) is 3.43. The van der Waals surface area contributed by atoms with Gasteiger partial charge in [0.05, 0.1) is 11.3 Å². The Bertz CT molecular complexity index is 1030. The maximum atomic E-state index is 12.8. The molecule has 3 aromatic carbocycles. The SMILES string of the molecule is Nc1ccc2c(c1)C(=C(Nc1cccc(Br)c1)c1ccccc1)C(=O)N2. The number of fused-ring (bicyclic) bond motifs is 1. The third-order valence-corrected chi connectivity index (χ3v) is 4.69. The molecular formula is C21H16BrN3O. The van der Waals surface area contributed by atoms with Crippen LogP contribution in [0.5, 0.6) is 0 Å². The maximum absolute atomic E-state index is 12.8. The number of amides is 1. The molecule has 5 heteroatoms. The van der Waals surface area contributed by atoms with Crippen molar-refractivity contribution in [1.29, 1.82) is 0 Å². The van der Waals surface area contributed by atoms with E-state index in [1.165, 1.54) is 0 Å². The van der Waals surface area contributed by atoms with Gasteiger partial charge >= 0.3 is 0 Å². The van der Waals surface area contributed by atoms with Crippen molar-refractivity contribution >= 4 is 50.2 Å². The summed E-state index contributed by atoms with van der Waals surface area (Å²) in [6.45, 7) is 0. The van der Waals surface area contributed by atoms with Crippen molar-refractivity contribution in [1.82, 2.24) is 0 Å². The standard InChI is InChI=1S/C21H16BrN3O/c22-14-7-4-8-16(11-14)24-20(13-5-2-1-3-6-13)19-17-12-15(23)9-10-18(17)25-21(19)26/h1-12,24H,23H2,(H,25,26). The number of nitrogens with two attached hydrogens (primary N) is 1. The zero-order chi connectivity index (χ0) is 18.1. The molecule has 0 aliphatic carbocycles. The molecule has 26 heavy (non-hydrogen) atoms. The van der Waals surface area contributed by atoms with E-state index in [-0.39, 0.29) is 5.91 Å². The molecule has 4 rings (SSSR count). The van der Waals surface area contributed by atoms with Gasteiger partial charge in [0.15, 0.2) is 0 Å². The molecule has 0 radical (unpaired) electrons. The Morgan fingerprint density at radius 1 is 0.962 bits per heavy atom. The van der Waals surface area contributed by atoms with Gasteiger partial charge < -0.3 is 16.4 Å². The predicted molar refractivity (Wildman–Crippen MR) is 111 cm³/mol. The highest BCUT2D eigenvalue weighted by Crippen LogP contribution is 2.38. The number of rotatable bonds is 3. The van der Waals surface area contributed by atoms with E-state index in [0.29, 0.717) is 11.3 Å². The minimum atomic E-state index is -0.146. The van der Waals surface area contributed by atoms with Crippen LogP contribution in [0.15, 0.2) is 77.3 Å². The van der Waals surface area contributed by atoms with Gasteiger partial charge in [0.25, 0.3) is 5.91 Å². The molecule has 0 unspecified atom stereocenters. The normalized spacial score (nSPS) is 14.6. The predicted octanol–water partition coefficient (Wildman–Crippen LogP) is 4.96. The Morgan fingerprint density at radius 3 is 2.54 bits per heavy atom. The van der Waals surface area contributed by atoms with Gasteiger partial charge in [-0.15, -0.1) is 0 Å². The van der Waals surface area contributed by atoms with E-state index in [2.05, 4.69) is 26.6 Å². The van der Waals surface area contributed by atoms with Crippen LogP contribution in [0.3, 0.4) is 0 Å². The minimum absolute atomic E-state index is 0.146. The lowest BCUT2D eigenvalue weighted by atomic mass is 9.99. The first-order valence-corrected chi connectivity index (χ1v) is 8.94. The molecule has 1 aliphatic heterocycles. The summed E-state index contributed by atoms with van der Waals surface area (Å²) in [7, 11) is 0. The van der Waals surface area contributed by atoms with Crippen molar-refractivity contribution in [2.45, 2.75) is 0 Å². The summed E-state index contributed by atoms with van der Waals surface area (Å²) < 4.78 is 0.959. The minimum Gasteiger partial charge on any atom is -0.399 e. The summed E-state index contributed by atoms with van der Waals surface area (Å²) >= 11 is 3.49. The first-order chi connectivity index (χ1) is 12.6. The summed E-state index contributed by atoms with van der Waals surface area (Å²) in [5.41, 5.74) is 11.3. The quantitative estimate of drug-likeness (QED) is 0.425. The van der Waals surface area contributed by atoms with Crippen LogP contribution in [0.1, 0.15) is 11.1 Å². The number of carbonyl (C=O) groups excluding carboxylic acids is 1. The first-order valence-electron chi connectivity index (χ1n) is 8.15. The molecule has 0 saturated heterocycles. The van der Waals surface area contributed by atoms with Crippen LogP contribution < -0.4 is 16.4 Å². The van der Waals surface area contributed by atoms with Crippen molar-refractivity contribution in [3.63, 3.8) is 0 Å². The third kappa shape index (κ3) is 3.09. The van der Waals surface area contributed by atoms with Gasteiger partial charge in [-0.3, -0.25) is 4.79 Å². The van der Waals surface area contributed by atoms with Gasteiger partial charge in [-0.1, -0.05) is 52.3 Å². The summed E-state index contributed by atoms with van der Waals surface area (Å²) in [6, 6.07) is 23.1. The van der Waals surface area contributed by atoms with Crippen molar-refractivity contribution < 1.29 is 4.79 Å². The fraction of sp³-hybridized carbons (Fsp3) is 0. The van der Waals surface area contributed by atoms with E-state index in [0.717, 1.165) is 32.7 Å². The van der Waals surface area contributed by atoms with Crippen LogP contribution in [0.25, 0.3) is 11.3 Å². The topological polar surface area (TPSA) is 67.1 Å². The lowest BCUT2D eigenvalue weighted by molar-refractivity contribution is -0.110. The van der Waals surface area contributed by atoms with Gasteiger partial charge in [-0.05, 0) is 42.0 Å². The largest absolute Gasteiger partial charge is 0.399 e. The van der Waals surface area contributed by atoms with Crippen LogP contribution in [-0.4, -0.2) is 5.91 Å². The van der Waals surface area contributed by atoms with Crippen molar-refractivity contribution in [2.75, 3.05) is 16.4 Å². The van der Waals surface area contributed by atoms with Gasteiger partial charge in [-0.25, -0.2) is 0 Å². The highest BCUT2D eigenvalue weighted by molar-refractivity contribution is 9.10. The van der Waals surface area contributed by atoms with E-state index < -0.39 is 0 Å². The molecule has 0 bridgehead atoms. The Balaban J connectivity index is 1.92. The van der Waals surface area contributed by atoms with Crippen LogP contribution in [0.4, 0.5) is 17.1 Å². The highest BCUT2D eigenvalue weighted by atomic mass is 79.9. The van der Waals surface area contributed by atoms with Gasteiger partial charge in [0, 0.05) is 27.1 Å². The molecule has 0 atom stereocenters. The molecular weight excluding hydrogens is 390 g/mol. The average Bonchev–Trinajstić information content (AvgIpc) is 2.95. The second-order valence-corrected chi connectivity index (χ2v) is 6.93. The number of halogens is 1. The number of hydrogen-bond acceptors (Lipinski definition) is 3. The first kappa shape index (κ1) is 16.4. The van der Waals surface area contributed by atoms with E-state index in [9.17, 15) is 4.79 Å². The fourth-order valence-electron chi connectivity index (χ4n) is 3.03. The van der Waals surface area contributed by atoms with E-state index in [4.69, 9.17) is 5.73 Å². The zero-order valence-corrected chi connectivity index (χ0v) is 15.4. The van der Waals surface area contributed by atoms with E-state index in [1.807, 2.05) is 66.7 Å². The number of anilines is 3. The summed E-state index contributed by atoms with van der Waals surface area (Å²) in [4.78, 5) is 12.8. The molecule has 1 heterocycles. The third-order valence-electron chi connectivity index (χ3n) is 4.19. The Morgan fingerprint density at radius 2 is 1.77 bits per heavy atom. The second-order valence-electron chi connectivity index (χ2n) is 6.01. The number of carbonyl (C=O) groups is 1. The average molecular weight is 406 g/mol. The lowest BCUT2D eigenvalue weighted by Crippen LogP contribution is -2.10. The summed E-state index contributed by atoms with van der Waals surface area (Å²) in [5, 5.41) is 6.34. The molecule has 0 spiro atoms. The molecule has 0 aromatic heterocycles. The van der Waals surface area contributed by atoms with E-state index >= 15 is 0 Å². The second kappa shape index (κ2) is 6.69. The van der Waals surface area contributed by atoms with Crippen LogP contribution >= 0.6 is 15.9 Å². The van der Waals surface area contributed by atoms with Gasteiger partial charge in [0.1, 0.15) is 0 Å². The smallest absolute Gasteiger partial charge is 0.258 e. The highest BCUT2D eigenvalue weighted by Gasteiger charge is 2.28. The number of nitrogen functional groups attached to an aromatic ring is 1. The van der Waals surface area contributed by atoms with Crippen LogP contribution in [0, 0.1) is 0 Å². The zero-order valence-electron chi connectivity index (χ0n) is 13.8. The maximum Gasteiger partial charge on any atom is 0.258 e. The summed E-state index contributed by atoms with van der Waals surface area (Å²) in [6.07, 6.45) is 0. The Kier molecular flexibility index (Phi) is 4.22. The number of benzene rings is 3. The van der Waals surface area contributed by atoms with Gasteiger partial charge in [-0.2, -0.15) is 0 Å². The molecule has 4 nitrogen and oxygen atoms in total. The number of nitrogens with one attached hydrogen (secondary N) is 2. The van der Waals surface area contributed by atoms with Crippen molar-refractivity contribution in [3.05, 3.63) is 88.4 Å². The van der Waals surface area contributed by atoms with E-state index in [1.54, 1.807) is 6.07 Å². The Hall–Kier alpha value is -3.05. The molecule has 0 saturated carbocycles. The number of hydrogen-bond donors (Lipinski definition) is 3. The van der Waals surface area contributed by atoms with Crippen molar-refractivity contribution in [2.24, 2.45) is 0 Å². The van der Waals surface area contributed by atoms with Crippen LogP contribution in [-0.2, 0) is 4.79 Å². The molecule has 1 aliphatic rings. The molecule has 128 valence electrons. The van der Waals surface area contributed by atoms with Crippen molar-refractivity contribution in [3.8, 4) is 0 Å². The summed E-state index contributed by atoms with van der Waals surface area (Å²) in [5.74, 6) is -0.146. The molecule has 4 N–H and O–H groups in total. The monoisotopic (exact) mass is 405 g/mol. The lowest BCUT2D eigenvalue weighted by Gasteiger charge is -2.15. The molecule has 0 fully saturated rings. The molecule has 3 aromatic rings. The van der Waals surface area contributed by atoms with Gasteiger partial charge in [0.2, 0.25) is 0 Å². The molecule has 1 amide bonds. The van der Waals surface area contributed by atoms with Crippen LogP contribution in [0.2, 0.25) is 0 Å². The Labute approximate surface area is 159 Å².